The fourth-order valence-electron chi connectivity index (χ4n) is 9.80. The summed E-state index contributed by atoms with van der Waals surface area (Å²) in [5.41, 5.74) is 19.6. The second-order valence-corrected chi connectivity index (χ2v) is 18.4. The van der Waals surface area contributed by atoms with Crippen molar-refractivity contribution in [2.24, 2.45) is 0 Å². The van der Waals surface area contributed by atoms with Crippen LogP contribution in [-0.4, -0.2) is 9.97 Å². The van der Waals surface area contributed by atoms with E-state index in [0.29, 0.717) is 5.82 Å². The molecule has 0 aliphatic heterocycles. The maximum absolute atomic E-state index is 5.35. The molecule has 0 bridgehead atoms. The van der Waals surface area contributed by atoms with Crippen LogP contribution in [0.4, 0.5) is 0 Å². The molecule has 2 heterocycles. The van der Waals surface area contributed by atoms with Gasteiger partial charge >= 0.3 is 0 Å². The van der Waals surface area contributed by atoms with Crippen molar-refractivity contribution in [2.75, 3.05) is 0 Å². The number of hydrogen-bond acceptors (Lipinski definition) is 3. The van der Waals surface area contributed by atoms with Gasteiger partial charge in [-0.25, -0.2) is 9.97 Å². The lowest BCUT2D eigenvalue weighted by atomic mass is 9.82. The molecule has 1 aliphatic rings. The summed E-state index contributed by atoms with van der Waals surface area (Å²) in [7, 11) is 0. The van der Waals surface area contributed by atoms with E-state index < -0.39 is 0 Å². The summed E-state index contributed by atoms with van der Waals surface area (Å²) in [6.07, 6.45) is 0. The quantitative estimate of drug-likeness (QED) is 0.160. The first-order chi connectivity index (χ1) is 31.4. The van der Waals surface area contributed by atoms with Gasteiger partial charge in [0.15, 0.2) is 5.82 Å². The van der Waals surface area contributed by atoms with Crippen molar-refractivity contribution in [3.8, 4) is 89.5 Å². The summed E-state index contributed by atoms with van der Waals surface area (Å²) < 4.78 is 2.60. The van der Waals surface area contributed by atoms with Crippen LogP contribution in [-0.2, 0) is 5.41 Å². The number of nitrogens with zero attached hydrogens (tertiary/aromatic N) is 2. The highest BCUT2D eigenvalue weighted by Crippen LogP contribution is 2.49. The molecule has 12 rings (SSSR count). The Bertz CT molecular complexity index is 3560. The van der Waals surface area contributed by atoms with Crippen LogP contribution >= 0.6 is 11.3 Å². The van der Waals surface area contributed by atoms with E-state index in [1.807, 2.05) is 17.4 Å². The molecule has 0 fully saturated rings. The molecular formula is C61H42N2S. The van der Waals surface area contributed by atoms with Gasteiger partial charge in [-0.05, 0) is 115 Å². The molecule has 0 spiro atoms. The van der Waals surface area contributed by atoms with Gasteiger partial charge in [-0.15, -0.1) is 11.3 Å². The molecule has 11 aromatic rings. The summed E-state index contributed by atoms with van der Waals surface area (Å²) in [5, 5.41) is 2.57. The topological polar surface area (TPSA) is 25.8 Å². The van der Waals surface area contributed by atoms with Crippen LogP contribution in [0, 0.1) is 0 Å². The molecule has 0 unspecified atom stereocenters. The smallest absolute Gasteiger partial charge is 0.160 e. The minimum Gasteiger partial charge on any atom is -0.228 e. The van der Waals surface area contributed by atoms with Crippen LogP contribution in [0.15, 0.2) is 218 Å². The third-order valence-corrected chi connectivity index (χ3v) is 14.3. The third kappa shape index (κ3) is 6.56. The zero-order chi connectivity index (χ0) is 42.8. The standard InChI is InChI=1S/C61H42N2S/c1-61(2)54-23-13-11-21-50(54)52-36-43(29-31-55(52)61)39-25-27-41(28-26-39)56-38-57(63-60(62-56)42-17-7-4-8-18-42)47-34-45(44-30-32-59-53(37-44)51-22-12-14-24-58(51)64-59)33-46(35-47)49-20-10-9-19-48(49)40-15-5-3-6-16-40/h3-38H,1-2H3. The average molecular weight is 835 g/mol. The van der Waals surface area contributed by atoms with Gasteiger partial charge in [0, 0.05) is 42.3 Å². The Kier molecular flexibility index (Phi) is 9.06. The van der Waals surface area contributed by atoms with E-state index in [4.69, 9.17) is 9.97 Å². The summed E-state index contributed by atoms with van der Waals surface area (Å²) in [6.45, 7) is 4.66. The lowest BCUT2D eigenvalue weighted by Crippen LogP contribution is -2.14. The molecule has 9 aromatic carbocycles. The second-order valence-electron chi connectivity index (χ2n) is 17.4. The number of benzene rings is 9. The molecule has 302 valence electrons. The van der Waals surface area contributed by atoms with Crippen LogP contribution in [0.5, 0.6) is 0 Å². The Morgan fingerprint density at radius 2 is 0.844 bits per heavy atom. The first kappa shape index (κ1) is 38.0. The van der Waals surface area contributed by atoms with Gasteiger partial charge in [0.1, 0.15) is 0 Å². The monoisotopic (exact) mass is 834 g/mol. The predicted octanol–water partition coefficient (Wildman–Crippen LogP) is 16.8. The van der Waals surface area contributed by atoms with Crippen molar-refractivity contribution in [3.63, 3.8) is 0 Å². The molecule has 0 saturated carbocycles. The molecule has 0 amide bonds. The molecule has 2 nitrogen and oxygen atoms in total. The molecule has 0 saturated heterocycles. The first-order valence-corrected chi connectivity index (χ1v) is 22.8. The lowest BCUT2D eigenvalue weighted by Gasteiger charge is -2.21. The van der Waals surface area contributed by atoms with Gasteiger partial charge in [-0.3, -0.25) is 0 Å². The van der Waals surface area contributed by atoms with E-state index in [0.717, 1.165) is 39.2 Å². The van der Waals surface area contributed by atoms with Gasteiger partial charge in [0.2, 0.25) is 0 Å². The molecule has 3 heteroatoms. The Balaban J connectivity index is 1.01. The first-order valence-electron chi connectivity index (χ1n) is 22.0. The normalized spacial score (nSPS) is 12.7. The van der Waals surface area contributed by atoms with Crippen LogP contribution in [0.2, 0.25) is 0 Å². The fourth-order valence-corrected chi connectivity index (χ4v) is 10.9. The van der Waals surface area contributed by atoms with E-state index in [9.17, 15) is 0 Å². The van der Waals surface area contributed by atoms with Gasteiger partial charge in [0.05, 0.1) is 11.4 Å². The van der Waals surface area contributed by atoms with Crippen LogP contribution in [0.3, 0.4) is 0 Å². The Morgan fingerprint density at radius 3 is 1.62 bits per heavy atom. The number of thiophene rings is 1. The van der Waals surface area contributed by atoms with Crippen molar-refractivity contribution < 1.29 is 0 Å². The Labute approximate surface area is 377 Å². The second kappa shape index (κ2) is 15.3. The zero-order valence-corrected chi connectivity index (χ0v) is 36.4. The highest BCUT2D eigenvalue weighted by atomic mass is 32.1. The fraction of sp³-hybridized carbons (Fsp3) is 0.0492. The van der Waals surface area contributed by atoms with Crippen molar-refractivity contribution in [1.82, 2.24) is 9.97 Å². The van der Waals surface area contributed by atoms with Gasteiger partial charge in [-0.1, -0.05) is 184 Å². The van der Waals surface area contributed by atoms with E-state index in [1.165, 1.54) is 75.8 Å². The van der Waals surface area contributed by atoms with E-state index >= 15 is 0 Å². The molecule has 2 aromatic heterocycles. The molecule has 0 atom stereocenters. The minimum atomic E-state index is -0.0203. The van der Waals surface area contributed by atoms with E-state index in [2.05, 4.69) is 226 Å². The Morgan fingerprint density at radius 1 is 0.312 bits per heavy atom. The Hall–Kier alpha value is -7.72. The van der Waals surface area contributed by atoms with Crippen LogP contribution in [0.25, 0.3) is 110 Å². The maximum Gasteiger partial charge on any atom is 0.160 e. The van der Waals surface area contributed by atoms with Crippen molar-refractivity contribution in [3.05, 3.63) is 230 Å². The van der Waals surface area contributed by atoms with Crippen molar-refractivity contribution >= 4 is 31.5 Å². The third-order valence-electron chi connectivity index (χ3n) is 13.1. The molecule has 0 N–H and O–H groups in total. The maximum atomic E-state index is 5.35. The molecule has 64 heavy (non-hydrogen) atoms. The van der Waals surface area contributed by atoms with E-state index in [1.54, 1.807) is 0 Å². The molecular weight excluding hydrogens is 793 g/mol. The van der Waals surface area contributed by atoms with Crippen molar-refractivity contribution in [1.29, 1.82) is 0 Å². The number of fused-ring (bicyclic) bond motifs is 6. The summed E-state index contributed by atoms with van der Waals surface area (Å²) in [4.78, 5) is 10.6. The van der Waals surface area contributed by atoms with Gasteiger partial charge < -0.3 is 0 Å². The number of aromatic nitrogens is 2. The summed E-state index contributed by atoms with van der Waals surface area (Å²) in [5.74, 6) is 0.694. The largest absolute Gasteiger partial charge is 0.228 e. The van der Waals surface area contributed by atoms with Crippen molar-refractivity contribution in [2.45, 2.75) is 19.3 Å². The summed E-state index contributed by atoms with van der Waals surface area (Å²) >= 11 is 1.85. The number of hydrogen-bond donors (Lipinski definition) is 0. The van der Waals surface area contributed by atoms with E-state index in [-0.39, 0.29) is 5.41 Å². The molecule has 1 aliphatic carbocycles. The highest BCUT2D eigenvalue weighted by molar-refractivity contribution is 7.25. The SMILES string of the molecule is CC1(C)c2ccccc2-c2cc(-c3ccc(-c4cc(-c5cc(-c6ccc7sc8ccccc8c7c6)cc(-c6ccccc6-c6ccccc6)c5)nc(-c5ccccc5)n4)cc3)ccc21. The lowest BCUT2D eigenvalue weighted by molar-refractivity contribution is 0.660. The van der Waals surface area contributed by atoms with Gasteiger partial charge in [-0.2, -0.15) is 0 Å². The van der Waals surface area contributed by atoms with Crippen LogP contribution in [0.1, 0.15) is 25.0 Å². The predicted molar refractivity (Wildman–Crippen MR) is 271 cm³/mol. The zero-order valence-electron chi connectivity index (χ0n) is 35.6. The average Bonchev–Trinajstić information content (AvgIpc) is 3.85. The highest BCUT2D eigenvalue weighted by Gasteiger charge is 2.35. The van der Waals surface area contributed by atoms with Gasteiger partial charge in [0.25, 0.3) is 0 Å². The summed E-state index contributed by atoms with van der Waals surface area (Å²) in [6, 6.07) is 79.2. The minimum absolute atomic E-state index is 0.0203. The number of rotatable bonds is 7. The van der Waals surface area contributed by atoms with Crippen LogP contribution < -0.4 is 0 Å². The molecule has 0 radical (unpaired) electrons.